The number of ether oxygens (including phenoxy) is 2. The lowest BCUT2D eigenvalue weighted by Crippen LogP contribution is -2.19. The van der Waals surface area contributed by atoms with Crippen LogP contribution in [0.4, 0.5) is 8.78 Å². The molecule has 0 bridgehead atoms. The fraction of sp³-hybridized carbons (Fsp3) is 0.250. The molecule has 0 aliphatic heterocycles. The highest BCUT2D eigenvalue weighted by molar-refractivity contribution is 6.43. The molecule has 0 unspecified atom stereocenters. The summed E-state index contributed by atoms with van der Waals surface area (Å²) in [5.74, 6) is -0.789. The summed E-state index contributed by atoms with van der Waals surface area (Å²) in [4.78, 5) is 22.1. The Morgan fingerprint density at radius 3 is 2.50 bits per heavy atom. The van der Waals surface area contributed by atoms with E-state index in [4.69, 9.17) is 26.0 Å². The molecule has 0 saturated heterocycles. The van der Waals surface area contributed by atoms with Crippen molar-refractivity contribution in [2.24, 2.45) is 10.3 Å². The molecule has 160 valence electrons. The molecule has 0 saturated carbocycles. The monoisotopic (exact) mass is 440 g/mol. The number of oxime groups is 2. The average Bonchev–Trinajstić information content (AvgIpc) is 2.71. The van der Waals surface area contributed by atoms with Crippen molar-refractivity contribution in [2.75, 3.05) is 14.2 Å². The Hall–Kier alpha value is -3.20. The van der Waals surface area contributed by atoms with E-state index in [0.29, 0.717) is 22.4 Å². The van der Waals surface area contributed by atoms with E-state index < -0.39 is 11.5 Å². The SMILES string of the molecule is CO/N=C(/C(=O)OC)c1ccccc1CO/N=C(/C)c1cccc(OC(F)(F)Cl)c1. The van der Waals surface area contributed by atoms with Gasteiger partial charge in [0.1, 0.15) is 19.5 Å². The Morgan fingerprint density at radius 1 is 1.10 bits per heavy atom. The van der Waals surface area contributed by atoms with Gasteiger partial charge < -0.3 is 19.1 Å². The van der Waals surface area contributed by atoms with Gasteiger partial charge in [-0.3, -0.25) is 0 Å². The molecule has 0 aliphatic carbocycles. The van der Waals surface area contributed by atoms with Crippen molar-refractivity contribution < 1.29 is 32.7 Å². The van der Waals surface area contributed by atoms with Crippen LogP contribution >= 0.6 is 11.6 Å². The van der Waals surface area contributed by atoms with Crippen LogP contribution < -0.4 is 4.74 Å². The summed E-state index contributed by atoms with van der Waals surface area (Å²) in [6.07, 6.45) is 0. The van der Waals surface area contributed by atoms with Gasteiger partial charge in [0.05, 0.1) is 12.8 Å². The average molecular weight is 441 g/mol. The number of esters is 1. The molecule has 0 aliphatic rings. The topological polar surface area (TPSA) is 78.7 Å². The maximum Gasteiger partial charge on any atom is 0.487 e. The summed E-state index contributed by atoms with van der Waals surface area (Å²) in [6.45, 7) is 1.64. The van der Waals surface area contributed by atoms with Crippen LogP contribution in [0.25, 0.3) is 0 Å². The van der Waals surface area contributed by atoms with E-state index in [1.54, 1.807) is 37.3 Å². The highest BCUT2D eigenvalue weighted by atomic mass is 35.5. The first-order chi connectivity index (χ1) is 14.2. The molecular formula is C20H19ClF2N2O5. The van der Waals surface area contributed by atoms with Crippen LogP contribution in [-0.2, 0) is 25.8 Å². The van der Waals surface area contributed by atoms with Crippen LogP contribution in [0.1, 0.15) is 23.6 Å². The van der Waals surface area contributed by atoms with Gasteiger partial charge >= 0.3 is 11.5 Å². The zero-order valence-electron chi connectivity index (χ0n) is 16.4. The van der Waals surface area contributed by atoms with Gasteiger partial charge in [-0.05, 0) is 19.1 Å². The molecule has 2 aromatic rings. The molecule has 0 N–H and O–H groups in total. The quantitative estimate of drug-likeness (QED) is 0.251. The first-order valence-electron chi connectivity index (χ1n) is 8.55. The van der Waals surface area contributed by atoms with Gasteiger partial charge in [0.15, 0.2) is 5.71 Å². The Kier molecular flexibility index (Phi) is 8.11. The number of carbonyl (C=O) groups is 1. The van der Waals surface area contributed by atoms with Crippen molar-refractivity contribution in [3.63, 3.8) is 0 Å². The molecule has 2 aromatic carbocycles. The molecular weight excluding hydrogens is 422 g/mol. The second kappa shape index (κ2) is 10.5. The Balaban J connectivity index is 2.17. The second-order valence-corrected chi connectivity index (χ2v) is 6.24. The van der Waals surface area contributed by atoms with Crippen molar-refractivity contribution in [1.29, 1.82) is 0 Å². The molecule has 2 rings (SSSR count). The normalized spacial score (nSPS) is 12.3. The third-order valence-corrected chi connectivity index (χ3v) is 3.82. The molecule has 10 heteroatoms. The fourth-order valence-corrected chi connectivity index (χ4v) is 2.52. The van der Waals surface area contributed by atoms with Crippen molar-refractivity contribution in [3.8, 4) is 5.75 Å². The predicted octanol–water partition coefficient (Wildman–Crippen LogP) is 4.32. The molecule has 0 aromatic heterocycles. The maximum absolute atomic E-state index is 12.8. The highest BCUT2D eigenvalue weighted by Crippen LogP contribution is 2.25. The second-order valence-electron chi connectivity index (χ2n) is 5.80. The van der Waals surface area contributed by atoms with E-state index in [-0.39, 0.29) is 18.1 Å². The van der Waals surface area contributed by atoms with Gasteiger partial charge in [0.25, 0.3) is 0 Å². The lowest BCUT2D eigenvalue weighted by atomic mass is 10.0. The lowest BCUT2D eigenvalue weighted by Gasteiger charge is -2.11. The van der Waals surface area contributed by atoms with Crippen molar-refractivity contribution in [1.82, 2.24) is 0 Å². The van der Waals surface area contributed by atoms with Gasteiger partial charge in [0, 0.05) is 28.3 Å². The smallest absolute Gasteiger partial charge is 0.464 e. The van der Waals surface area contributed by atoms with Gasteiger partial charge in [0.2, 0.25) is 0 Å². The van der Waals surface area contributed by atoms with Crippen LogP contribution in [0, 0.1) is 0 Å². The number of alkyl halides is 3. The summed E-state index contributed by atoms with van der Waals surface area (Å²) in [5, 5.41) is 7.71. The summed E-state index contributed by atoms with van der Waals surface area (Å²) >= 11 is 4.78. The number of halogens is 3. The van der Waals surface area contributed by atoms with E-state index >= 15 is 0 Å². The van der Waals surface area contributed by atoms with Gasteiger partial charge in [-0.25, -0.2) is 4.79 Å². The van der Waals surface area contributed by atoms with E-state index in [1.807, 2.05) is 0 Å². The van der Waals surface area contributed by atoms with Gasteiger partial charge in [-0.1, -0.05) is 46.7 Å². The summed E-state index contributed by atoms with van der Waals surface area (Å²) in [7, 11) is 2.55. The van der Waals surface area contributed by atoms with Crippen molar-refractivity contribution in [3.05, 3.63) is 65.2 Å². The van der Waals surface area contributed by atoms with Gasteiger partial charge in [-0.15, -0.1) is 8.78 Å². The third kappa shape index (κ3) is 6.70. The molecule has 30 heavy (non-hydrogen) atoms. The molecule has 0 fully saturated rings. The Bertz CT molecular complexity index is 945. The minimum atomic E-state index is -3.81. The van der Waals surface area contributed by atoms with Crippen LogP contribution in [0.2, 0.25) is 0 Å². The molecule has 0 spiro atoms. The van der Waals surface area contributed by atoms with E-state index in [1.165, 1.54) is 32.4 Å². The molecule has 0 atom stereocenters. The Labute approximate surface area is 176 Å². The number of hydrogen-bond acceptors (Lipinski definition) is 7. The summed E-state index contributed by atoms with van der Waals surface area (Å²) in [5.41, 5.74) is -1.86. The number of nitrogens with zero attached hydrogens (tertiary/aromatic N) is 2. The third-order valence-electron chi connectivity index (χ3n) is 3.74. The lowest BCUT2D eigenvalue weighted by molar-refractivity contribution is -0.132. The number of methoxy groups -OCH3 is 1. The molecule has 0 amide bonds. The zero-order chi connectivity index (χ0) is 22.1. The first kappa shape index (κ1) is 23.1. The largest absolute Gasteiger partial charge is 0.487 e. The van der Waals surface area contributed by atoms with Crippen LogP contribution in [-0.4, -0.2) is 37.2 Å². The first-order valence-corrected chi connectivity index (χ1v) is 8.93. The van der Waals surface area contributed by atoms with Crippen molar-refractivity contribution in [2.45, 2.75) is 19.1 Å². The molecule has 0 heterocycles. The molecule has 7 nitrogen and oxygen atoms in total. The minimum absolute atomic E-state index is 0.00316. The maximum atomic E-state index is 12.8. The number of benzene rings is 2. The standard InChI is InChI=1S/C20H19ClF2N2O5/c1-13(14-8-6-9-16(11-14)30-20(21,22)23)24-29-12-15-7-4-5-10-17(15)18(25-28-3)19(26)27-2/h4-11H,12H2,1-3H3/b24-13-,25-18+. The zero-order valence-corrected chi connectivity index (χ0v) is 17.2. The summed E-state index contributed by atoms with van der Waals surface area (Å²) < 4.78 is 34.7. The Morgan fingerprint density at radius 2 is 1.83 bits per heavy atom. The fourth-order valence-electron chi connectivity index (χ4n) is 2.43. The minimum Gasteiger partial charge on any atom is -0.464 e. The van der Waals surface area contributed by atoms with Crippen LogP contribution in [0.3, 0.4) is 0 Å². The van der Waals surface area contributed by atoms with E-state index in [2.05, 4.69) is 15.0 Å². The van der Waals surface area contributed by atoms with E-state index in [9.17, 15) is 13.6 Å². The van der Waals surface area contributed by atoms with Gasteiger partial charge in [-0.2, -0.15) is 0 Å². The number of carbonyl (C=O) groups excluding carboxylic acids is 1. The van der Waals surface area contributed by atoms with Crippen LogP contribution in [0.5, 0.6) is 5.75 Å². The number of hydrogen-bond donors (Lipinski definition) is 0. The number of rotatable bonds is 9. The molecule has 0 radical (unpaired) electrons. The van der Waals surface area contributed by atoms with Crippen molar-refractivity contribution >= 4 is 29.0 Å². The summed E-state index contributed by atoms with van der Waals surface area (Å²) in [6, 6.07) is 12.7. The highest BCUT2D eigenvalue weighted by Gasteiger charge is 2.27. The van der Waals surface area contributed by atoms with Crippen LogP contribution in [0.15, 0.2) is 58.8 Å². The predicted molar refractivity (Wildman–Crippen MR) is 107 cm³/mol. The van der Waals surface area contributed by atoms with E-state index in [0.717, 1.165) is 0 Å².